The zero-order chi connectivity index (χ0) is 8.91. The van der Waals surface area contributed by atoms with Crippen molar-refractivity contribution in [2.24, 2.45) is 0 Å². The smallest absolute Gasteiger partial charge is 0.359 e. The van der Waals surface area contributed by atoms with E-state index in [1.807, 2.05) is 6.55 Å². The van der Waals surface area contributed by atoms with Crippen LogP contribution in [0.1, 0.15) is 6.42 Å². The highest BCUT2D eigenvalue weighted by molar-refractivity contribution is 6.34. The molecule has 0 radical (unpaired) electrons. The second kappa shape index (κ2) is 4.37. The molecule has 0 rings (SSSR count). The summed E-state index contributed by atoms with van der Waals surface area (Å²) in [6, 6.07) is 0. The molecule has 0 atom stereocenters. The van der Waals surface area contributed by atoms with E-state index in [-0.39, 0.29) is 9.52 Å². The zero-order valence-electron chi connectivity index (χ0n) is 6.16. The first kappa shape index (κ1) is 10.5. The fraction of sp³-hybridized carbons (Fsp3) is 0.800. The molecule has 0 spiro atoms. The number of amides is 1. The summed E-state index contributed by atoms with van der Waals surface area (Å²) in [5.74, 6) is -0.924. The van der Waals surface area contributed by atoms with Gasteiger partial charge in [-0.3, -0.25) is 4.79 Å². The van der Waals surface area contributed by atoms with Gasteiger partial charge < -0.3 is 5.32 Å². The lowest BCUT2D eigenvalue weighted by Gasteiger charge is -2.05. The van der Waals surface area contributed by atoms with Crippen molar-refractivity contribution in [1.29, 1.82) is 0 Å². The summed E-state index contributed by atoms with van der Waals surface area (Å²) in [7, 11) is -0.381. The number of alkyl halides is 3. The number of carbonyl (C=O) groups excluding carboxylic acids is 1. The van der Waals surface area contributed by atoms with E-state index in [2.05, 4.69) is 5.32 Å². The highest BCUT2D eigenvalue weighted by Gasteiger charge is 2.30. The van der Waals surface area contributed by atoms with Gasteiger partial charge >= 0.3 is 6.18 Å². The standard InChI is InChI=1S/C5H10F3NOSi/c1-11-3-9-4(10)2-5(6,7)8/h2-3,11H2,1H3,(H,9,10). The molecule has 0 saturated carbocycles. The lowest BCUT2D eigenvalue weighted by molar-refractivity contribution is -0.153. The van der Waals surface area contributed by atoms with Gasteiger partial charge in [0.1, 0.15) is 6.42 Å². The first-order chi connectivity index (χ1) is 4.95. The summed E-state index contributed by atoms with van der Waals surface area (Å²) in [4.78, 5) is 10.4. The minimum Gasteiger partial charge on any atom is -0.359 e. The molecule has 0 aliphatic carbocycles. The Balaban J connectivity index is 3.53. The maximum absolute atomic E-state index is 11.5. The number of nitrogens with one attached hydrogen (secondary N) is 1. The second-order valence-electron chi connectivity index (χ2n) is 2.14. The number of rotatable bonds is 3. The molecule has 11 heavy (non-hydrogen) atoms. The van der Waals surface area contributed by atoms with Crippen molar-refractivity contribution in [3.05, 3.63) is 0 Å². The molecule has 0 aliphatic heterocycles. The van der Waals surface area contributed by atoms with Crippen molar-refractivity contribution >= 4 is 15.4 Å². The molecule has 0 heterocycles. The molecule has 0 bridgehead atoms. The number of hydrogen-bond acceptors (Lipinski definition) is 1. The first-order valence-electron chi connectivity index (χ1n) is 3.29. The third-order valence-electron chi connectivity index (χ3n) is 0.933. The molecule has 0 unspecified atom stereocenters. The summed E-state index contributed by atoms with van der Waals surface area (Å²) in [5, 5.41) is 2.19. The Morgan fingerprint density at radius 2 is 2.09 bits per heavy atom. The molecule has 2 nitrogen and oxygen atoms in total. The highest BCUT2D eigenvalue weighted by atomic mass is 28.2. The molecular weight excluding hydrogens is 175 g/mol. The van der Waals surface area contributed by atoms with Crippen LogP contribution in [0, 0.1) is 0 Å². The van der Waals surface area contributed by atoms with E-state index < -0.39 is 18.5 Å². The van der Waals surface area contributed by atoms with Gasteiger partial charge in [0, 0.05) is 15.7 Å². The summed E-state index contributed by atoms with van der Waals surface area (Å²) in [5.41, 5.74) is 0. The third kappa shape index (κ3) is 7.37. The predicted molar refractivity (Wildman–Crippen MR) is 38.1 cm³/mol. The molecule has 1 amide bonds. The Labute approximate surface area is 65.0 Å². The van der Waals surface area contributed by atoms with Crippen LogP contribution < -0.4 is 5.32 Å². The van der Waals surface area contributed by atoms with Crippen molar-refractivity contribution in [3.63, 3.8) is 0 Å². The number of carbonyl (C=O) groups is 1. The molecule has 0 aromatic carbocycles. The van der Waals surface area contributed by atoms with E-state index in [9.17, 15) is 18.0 Å². The molecule has 6 heteroatoms. The van der Waals surface area contributed by atoms with Gasteiger partial charge in [-0.15, -0.1) is 0 Å². The van der Waals surface area contributed by atoms with Crippen LogP contribution in [0.2, 0.25) is 6.55 Å². The summed E-state index contributed by atoms with van der Waals surface area (Å²) < 4.78 is 34.5. The summed E-state index contributed by atoms with van der Waals surface area (Å²) in [6.45, 7) is 1.91. The van der Waals surface area contributed by atoms with Crippen LogP contribution in [0.5, 0.6) is 0 Å². The van der Waals surface area contributed by atoms with E-state index in [1.165, 1.54) is 0 Å². The molecule has 0 aliphatic rings. The quantitative estimate of drug-likeness (QED) is 0.626. The van der Waals surface area contributed by atoms with Crippen LogP contribution in [0.4, 0.5) is 13.2 Å². The van der Waals surface area contributed by atoms with Crippen molar-refractivity contribution < 1.29 is 18.0 Å². The molecule has 0 aromatic heterocycles. The van der Waals surface area contributed by atoms with Crippen LogP contribution in [0.25, 0.3) is 0 Å². The lowest BCUT2D eigenvalue weighted by atomic mass is 10.4. The Kier molecular flexibility index (Phi) is 4.17. The normalized spacial score (nSPS) is 12.4. The van der Waals surface area contributed by atoms with Gasteiger partial charge in [0.2, 0.25) is 5.91 Å². The molecule has 0 aromatic rings. The average Bonchev–Trinajstić information content (AvgIpc) is 1.79. The predicted octanol–water partition coefficient (Wildman–Crippen LogP) is 0.229. The van der Waals surface area contributed by atoms with E-state index in [1.54, 1.807) is 0 Å². The summed E-state index contributed by atoms with van der Waals surface area (Å²) in [6.07, 6.45) is -5.30. The number of hydrogen-bond donors (Lipinski definition) is 1. The lowest BCUT2D eigenvalue weighted by Crippen LogP contribution is -2.30. The third-order valence-corrected chi connectivity index (χ3v) is 1.68. The monoisotopic (exact) mass is 185 g/mol. The van der Waals surface area contributed by atoms with Crippen molar-refractivity contribution in [2.75, 3.05) is 6.17 Å². The van der Waals surface area contributed by atoms with Gasteiger partial charge in [-0.1, -0.05) is 6.55 Å². The Morgan fingerprint density at radius 1 is 1.55 bits per heavy atom. The van der Waals surface area contributed by atoms with Crippen LogP contribution in [0.15, 0.2) is 0 Å². The fourth-order valence-electron chi connectivity index (χ4n) is 0.509. The van der Waals surface area contributed by atoms with E-state index in [0.717, 1.165) is 0 Å². The topological polar surface area (TPSA) is 29.1 Å². The molecule has 66 valence electrons. The maximum atomic E-state index is 11.5. The zero-order valence-corrected chi connectivity index (χ0v) is 7.58. The fourth-order valence-corrected chi connectivity index (χ4v) is 1.04. The molecular formula is C5H10F3NOSi. The van der Waals surface area contributed by atoms with Crippen molar-refractivity contribution in [2.45, 2.75) is 19.1 Å². The SMILES string of the molecule is C[SiH2]CNC(=O)CC(F)(F)F. The van der Waals surface area contributed by atoms with Gasteiger partial charge in [0.15, 0.2) is 0 Å². The maximum Gasteiger partial charge on any atom is 0.397 e. The number of halogens is 3. The van der Waals surface area contributed by atoms with Gasteiger partial charge in [-0.2, -0.15) is 13.2 Å². The van der Waals surface area contributed by atoms with Gasteiger partial charge in [0.05, 0.1) is 0 Å². The largest absolute Gasteiger partial charge is 0.397 e. The minimum atomic E-state index is -4.38. The Hall–Kier alpha value is -0.523. The van der Waals surface area contributed by atoms with E-state index >= 15 is 0 Å². The molecule has 0 fully saturated rings. The van der Waals surface area contributed by atoms with Gasteiger partial charge in [0.25, 0.3) is 0 Å². The van der Waals surface area contributed by atoms with Crippen LogP contribution in [0.3, 0.4) is 0 Å². The van der Waals surface area contributed by atoms with Crippen LogP contribution in [-0.2, 0) is 4.79 Å². The van der Waals surface area contributed by atoms with E-state index in [0.29, 0.717) is 6.17 Å². The second-order valence-corrected chi connectivity index (χ2v) is 3.64. The average molecular weight is 185 g/mol. The van der Waals surface area contributed by atoms with Gasteiger partial charge in [-0.05, 0) is 0 Å². The van der Waals surface area contributed by atoms with E-state index in [4.69, 9.17) is 0 Å². The minimum absolute atomic E-state index is 0.381. The highest BCUT2D eigenvalue weighted by Crippen LogP contribution is 2.18. The molecule has 0 saturated heterocycles. The van der Waals surface area contributed by atoms with Gasteiger partial charge in [-0.25, -0.2) is 0 Å². The summed E-state index contributed by atoms with van der Waals surface area (Å²) >= 11 is 0. The van der Waals surface area contributed by atoms with Crippen LogP contribution in [-0.4, -0.2) is 27.8 Å². The Bertz CT molecular complexity index is 136. The molecule has 1 N–H and O–H groups in total. The first-order valence-corrected chi connectivity index (χ1v) is 5.70. The van der Waals surface area contributed by atoms with Crippen molar-refractivity contribution in [1.82, 2.24) is 5.32 Å². The Morgan fingerprint density at radius 3 is 2.45 bits per heavy atom. The van der Waals surface area contributed by atoms with Crippen molar-refractivity contribution in [3.8, 4) is 0 Å². The van der Waals surface area contributed by atoms with Crippen LogP contribution >= 0.6 is 0 Å².